The van der Waals surface area contributed by atoms with Crippen LogP contribution in [-0.2, 0) is 33.7 Å². The third kappa shape index (κ3) is 5.60. The Bertz CT molecular complexity index is 1100. The number of alkyl halides is 3. The van der Waals surface area contributed by atoms with Gasteiger partial charge in [-0.25, -0.2) is 0 Å². The van der Waals surface area contributed by atoms with Crippen molar-refractivity contribution in [3.8, 4) is 0 Å². The molecule has 1 heterocycles. The van der Waals surface area contributed by atoms with Crippen molar-refractivity contribution < 1.29 is 32.5 Å². The van der Waals surface area contributed by atoms with E-state index in [-0.39, 0.29) is 36.8 Å². The Kier molecular flexibility index (Phi) is 7.08. The Morgan fingerprint density at radius 2 is 1.72 bits per heavy atom. The van der Waals surface area contributed by atoms with E-state index < -0.39 is 18.0 Å². The van der Waals surface area contributed by atoms with Crippen LogP contribution < -0.4 is 5.32 Å². The zero-order valence-corrected chi connectivity index (χ0v) is 19.8. The monoisotopic (exact) mass is 501 g/mol. The fourth-order valence-electron chi connectivity index (χ4n) is 5.66. The van der Waals surface area contributed by atoms with Crippen LogP contribution in [0.25, 0.3) is 0 Å². The first-order chi connectivity index (χ1) is 17.3. The molecule has 0 radical (unpaired) electrons. The summed E-state index contributed by atoms with van der Waals surface area (Å²) in [5.41, 5.74) is 1.62. The van der Waals surface area contributed by atoms with E-state index in [9.17, 15) is 23.1 Å². The van der Waals surface area contributed by atoms with E-state index in [1.165, 1.54) is 18.6 Å². The Morgan fingerprint density at radius 3 is 2.33 bits per heavy atom. The van der Waals surface area contributed by atoms with Gasteiger partial charge in [0, 0.05) is 18.4 Å². The summed E-state index contributed by atoms with van der Waals surface area (Å²) in [6.45, 7) is 0.185. The number of aliphatic hydroxyl groups excluding tert-OH is 1. The van der Waals surface area contributed by atoms with Gasteiger partial charge in [-0.05, 0) is 66.0 Å². The van der Waals surface area contributed by atoms with Crippen LogP contribution >= 0.6 is 0 Å². The van der Waals surface area contributed by atoms with E-state index in [4.69, 9.17) is 9.47 Å². The summed E-state index contributed by atoms with van der Waals surface area (Å²) in [6.07, 6.45) is 1.40. The normalized spacial score (nSPS) is 27.4. The molecule has 2 aromatic rings. The summed E-state index contributed by atoms with van der Waals surface area (Å²) < 4.78 is 51.0. The number of fused-ring (bicyclic) bond motifs is 2. The first kappa shape index (κ1) is 24.8. The van der Waals surface area contributed by atoms with Gasteiger partial charge >= 0.3 is 6.18 Å². The number of halogens is 3. The molecule has 5 rings (SSSR count). The van der Waals surface area contributed by atoms with Gasteiger partial charge in [-0.2, -0.15) is 13.2 Å². The summed E-state index contributed by atoms with van der Waals surface area (Å²) in [6, 6.07) is 12.5. The second kappa shape index (κ2) is 10.3. The summed E-state index contributed by atoms with van der Waals surface area (Å²) in [7, 11) is 0. The van der Waals surface area contributed by atoms with Crippen molar-refractivity contribution in [3.05, 3.63) is 82.6 Å². The van der Waals surface area contributed by atoms with Gasteiger partial charge in [-0.3, -0.25) is 4.79 Å². The average molecular weight is 502 g/mol. The summed E-state index contributed by atoms with van der Waals surface area (Å²) in [4.78, 5) is 13.2. The fourth-order valence-corrected chi connectivity index (χ4v) is 5.66. The molecule has 0 spiro atoms. The van der Waals surface area contributed by atoms with E-state index in [0.717, 1.165) is 42.5 Å². The molecule has 0 saturated heterocycles. The third-order valence-electron chi connectivity index (χ3n) is 7.64. The number of allylic oxidation sites excluding steroid dienone is 1. The largest absolute Gasteiger partial charge is 0.459 e. The van der Waals surface area contributed by atoms with E-state index in [1.807, 2.05) is 12.1 Å². The number of carbonyl (C=O) groups excluding carboxylic acids is 1. The highest BCUT2D eigenvalue weighted by Crippen LogP contribution is 2.44. The lowest BCUT2D eigenvalue weighted by molar-refractivity contribution is -0.150. The van der Waals surface area contributed by atoms with Crippen molar-refractivity contribution in [2.45, 2.75) is 69.7 Å². The maximum atomic E-state index is 13.2. The number of nitrogens with one attached hydrogen (secondary N) is 1. The average Bonchev–Trinajstić information content (AvgIpc) is 3.51. The standard InChI is InChI=1S/C28H30F3NO4/c29-28(30,31)23-9-7-20(8-10-23)22-13-25(27(34)32-24-12-19-5-6-21(24)11-19)36-26(14-22)35-16-18-3-1-17(15-33)2-4-18/h1-4,7-10,13,19,21-22,24,26,33H,5-6,11-12,14-16H2,(H,32,34)/t19?,21?,22-,24?,26+/m1/s1. The maximum Gasteiger partial charge on any atom is 0.416 e. The molecule has 0 aromatic heterocycles. The first-order valence-corrected chi connectivity index (χ1v) is 12.5. The first-order valence-electron chi connectivity index (χ1n) is 12.5. The van der Waals surface area contributed by atoms with Gasteiger partial charge in [-0.1, -0.05) is 42.8 Å². The highest BCUT2D eigenvalue weighted by Gasteiger charge is 2.41. The predicted molar refractivity (Wildman–Crippen MR) is 126 cm³/mol. The number of ether oxygens (including phenoxy) is 2. The molecule has 3 unspecified atom stereocenters. The fraction of sp³-hybridized carbons (Fsp3) is 0.464. The molecule has 1 aliphatic heterocycles. The minimum atomic E-state index is -4.41. The summed E-state index contributed by atoms with van der Waals surface area (Å²) >= 11 is 0. The van der Waals surface area contributed by atoms with Crippen LogP contribution in [0.3, 0.4) is 0 Å². The van der Waals surface area contributed by atoms with E-state index in [2.05, 4.69) is 5.32 Å². The molecule has 192 valence electrons. The van der Waals surface area contributed by atoms with Gasteiger partial charge in [0.25, 0.3) is 5.91 Å². The predicted octanol–water partition coefficient (Wildman–Crippen LogP) is 5.43. The molecule has 2 N–H and O–H groups in total. The van der Waals surface area contributed by atoms with Gasteiger partial charge < -0.3 is 19.9 Å². The lowest BCUT2D eigenvalue weighted by Crippen LogP contribution is -2.41. The molecule has 1 amide bonds. The van der Waals surface area contributed by atoms with Gasteiger partial charge in [-0.15, -0.1) is 0 Å². The Hall–Kier alpha value is -2.84. The number of carbonyl (C=O) groups is 1. The van der Waals surface area contributed by atoms with Crippen molar-refractivity contribution in [2.24, 2.45) is 11.8 Å². The SMILES string of the molecule is O=C(NC1CC2CCC1C2)C1=C[C@@H](c2ccc(C(F)(F)F)cc2)C[C@@H](OCc2ccc(CO)cc2)O1. The van der Waals surface area contributed by atoms with Crippen molar-refractivity contribution in [1.29, 1.82) is 0 Å². The zero-order chi connectivity index (χ0) is 25.3. The van der Waals surface area contributed by atoms with Gasteiger partial charge in [0.2, 0.25) is 6.29 Å². The number of hydrogen-bond acceptors (Lipinski definition) is 4. The van der Waals surface area contributed by atoms with E-state index >= 15 is 0 Å². The van der Waals surface area contributed by atoms with Crippen LogP contribution in [0.2, 0.25) is 0 Å². The molecule has 5 atom stereocenters. The summed E-state index contributed by atoms with van der Waals surface area (Å²) in [5.74, 6) is 0.695. The maximum absolute atomic E-state index is 13.2. The van der Waals surface area contributed by atoms with Crippen LogP contribution in [0.15, 0.2) is 60.4 Å². The van der Waals surface area contributed by atoms with E-state index in [1.54, 1.807) is 18.2 Å². The van der Waals surface area contributed by atoms with Crippen LogP contribution in [0.5, 0.6) is 0 Å². The molecule has 2 fully saturated rings. The second-order valence-electron chi connectivity index (χ2n) is 10.1. The lowest BCUT2D eigenvalue weighted by atomic mass is 9.91. The molecule has 3 aliphatic rings. The topological polar surface area (TPSA) is 67.8 Å². The van der Waals surface area contributed by atoms with Gasteiger partial charge in [0.05, 0.1) is 18.8 Å². The molecule has 2 aromatic carbocycles. The van der Waals surface area contributed by atoms with Crippen LogP contribution in [0.4, 0.5) is 13.2 Å². The number of amides is 1. The van der Waals surface area contributed by atoms with E-state index in [0.29, 0.717) is 23.8 Å². The minimum absolute atomic E-state index is 0.0481. The van der Waals surface area contributed by atoms with Crippen LogP contribution in [0.1, 0.15) is 60.3 Å². The molecule has 2 bridgehead atoms. The highest BCUT2D eigenvalue weighted by atomic mass is 19.4. The Morgan fingerprint density at radius 1 is 1.00 bits per heavy atom. The van der Waals surface area contributed by atoms with Gasteiger partial charge in [0.1, 0.15) is 0 Å². The number of rotatable bonds is 7. The van der Waals surface area contributed by atoms with Crippen LogP contribution in [0, 0.1) is 11.8 Å². The Balaban J connectivity index is 1.31. The molecular formula is C28H30F3NO4. The third-order valence-corrected chi connectivity index (χ3v) is 7.64. The molecule has 2 aliphatic carbocycles. The van der Waals surface area contributed by atoms with Crippen LogP contribution in [-0.4, -0.2) is 23.3 Å². The highest BCUT2D eigenvalue weighted by molar-refractivity contribution is 5.92. The minimum Gasteiger partial charge on any atom is -0.459 e. The van der Waals surface area contributed by atoms with Crippen molar-refractivity contribution in [1.82, 2.24) is 5.32 Å². The molecule has 2 saturated carbocycles. The molecule has 8 heteroatoms. The quantitative estimate of drug-likeness (QED) is 0.531. The number of aliphatic hydroxyl groups is 1. The van der Waals surface area contributed by atoms with Crippen molar-refractivity contribution in [2.75, 3.05) is 0 Å². The zero-order valence-electron chi connectivity index (χ0n) is 19.8. The second-order valence-corrected chi connectivity index (χ2v) is 10.1. The molecular weight excluding hydrogens is 471 g/mol. The van der Waals surface area contributed by atoms with Crippen molar-refractivity contribution in [3.63, 3.8) is 0 Å². The molecule has 36 heavy (non-hydrogen) atoms. The number of hydrogen-bond donors (Lipinski definition) is 2. The van der Waals surface area contributed by atoms with Crippen molar-refractivity contribution >= 4 is 5.91 Å². The Labute approximate surface area is 208 Å². The summed E-state index contributed by atoms with van der Waals surface area (Å²) in [5, 5.41) is 12.3. The number of benzene rings is 2. The molecule has 5 nitrogen and oxygen atoms in total. The lowest BCUT2D eigenvalue weighted by Gasteiger charge is -2.31. The smallest absolute Gasteiger partial charge is 0.416 e. The van der Waals surface area contributed by atoms with Gasteiger partial charge in [0.15, 0.2) is 5.76 Å².